The molecule has 2 heteroatoms. The Labute approximate surface area is 95.9 Å². The average molecular weight is 222 g/mol. The molecule has 1 saturated heterocycles. The van der Waals surface area contributed by atoms with Crippen molar-refractivity contribution in [3.8, 4) is 0 Å². The molecule has 0 saturated carbocycles. The van der Waals surface area contributed by atoms with Crippen LogP contribution in [0.4, 0.5) is 0 Å². The summed E-state index contributed by atoms with van der Waals surface area (Å²) in [6.07, 6.45) is 2.00. The first-order chi connectivity index (χ1) is 7.12. The molecule has 1 N–H and O–H groups in total. The molecule has 2 atom stereocenters. The molecule has 1 nitrogen and oxygen atoms in total. The topological polar surface area (TPSA) is 20.2 Å². The lowest BCUT2D eigenvalue weighted by molar-refractivity contribution is 0.0465. The van der Waals surface area contributed by atoms with Gasteiger partial charge in [0, 0.05) is 11.0 Å². The monoisotopic (exact) mass is 222 g/mol. The van der Waals surface area contributed by atoms with Crippen molar-refractivity contribution in [2.45, 2.75) is 37.5 Å². The third kappa shape index (κ3) is 2.21. The van der Waals surface area contributed by atoms with Crippen molar-refractivity contribution in [1.82, 2.24) is 0 Å². The number of thioether (sulfide) groups is 1. The lowest BCUT2D eigenvalue weighted by atomic mass is 9.87. The van der Waals surface area contributed by atoms with Crippen LogP contribution < -0.4 is 0 Å². The van der Waals surface area contributed by atoms with Crippen molar-refractivity contribution in [2.75, 3.05) is 5.75 Å². The maximum absolute atomic E-state index is 10.6. The Morgan fingerprint density at radius 3 is 2.73 bits per heavy atom. The smallest absolute Gasteiger partial charge is 0.0989 e. The molecule has 15 heavy (non-hydrogen) atoms. The van der Waals surface area contributed by atoms with Gasteiger partial charge in [-0.05, 0) is 30.9 Å². The quantitative estimate of drug-likeness (QED) is 0.788. The summed E-state index contributed by atoms with van der Waals surface area (Å²) in [5.41, 5.74) is 1.72. The highest BCUT2D eigenvalue weighted by molar-refractivity contribution is 8.00. The first kappa shape index (κ1) is 11.0. The highest BCUT2D eigenvalue weighted by Gasteiger charge is 2.34. The van der Waals surface area contributed by atoms with Gasteiger partial charge in [0.2, 0.25) is 0 Å². The molecule has 0 spiro atoms. The molecular weight excluding hydrogens is 204 g/mol. The second-order valence-electron chi connectivity index (χ2n) is 4.51. The zero-order valence-corrected chi connectivity index (χ0v) is 10.2. The van der Waals surface area contributed by atoms with Crippen LogP contribution in [-0.2, 0) is 5.60 Å². The van der Waals surface area contributed by atoms with E-state index in [2.05, 4.69) is 26.0 Å². The van der Waals surface area contributed by atoms with Crippen LogP contribution >= 0.6 is 11.8 Å². The Balaban J connectivity index is 2.26. The number of aryl methyl sites for hydroxylation is 1. The van der Waals surface area contributed by atoms with Gasteiger partial charge in [0.25, 0.3) is 0 Å². The number of aliphatic hydroxyl groups is 1. The Morgan fingerprint density at radius 1 is 1.40 bits per heavy atom. The van der Waals surface area contributed by atoms with Crippen molar-refractivity contribution in [3.05, 3.63) is 35.4 Å². The van der Waals surface area contributed by atoms with Gasteiger partial charge in [-0.25, -0.2) is 0 Å². The molecule has 2 rings (SSSR count). The molecule has 0 bridgehead atoms. The largest absolute Gasteiger partial charge is 0.384 e. The van der Waals surface area contributed by atoms with Gasteiger partial charge in [-0.1, -0.05) is 31.2 Å². The summed E-state index contributed by atoms with van der Waals surface area (Å²) in [6.45, 7) is 4.32. The van der Waals surface area contributed by atoms with Crippen LogP contribution in [0.25, 0.3) is 0 Å². The lowest BCUT2D eigenvalue weighted by Crippen LogP contribution is -2.34. The zero-order chi connectivity index (χ0) is 10.9. The first-order valence-corrected chi connectivity index (χ1v) is 6.57. The molecular formula is C13H18OS. The standard InChI is InChI=1S/C13H18OS/c1-10-5-3-4-6-12(10)13(14)8-7-11(2)15-9-13/h3-6,11,14H,7-9H2,1-2H3/t11-,13-/m0/s1. The molecule has 1 aliphatic rings. The van der Waals surface area contributed by atoms with Gasteiger partial charge < -0.3 is 5.11 Å². The van der Waals surface area contributed by atoms with E-state index in [1.165, 1.54) is 5.56 Å². The van der Waals surface area contributed by atoms with Crippen LogP contribution in [0.2, 0.25) is 0 Å². The second-order valence-corrected chi connectivity index (χ2v) is 5.93. The van der Waals surface area contributed by atoms with Crippen LogP contribution in [0.1, 0.15) is 30.9 Å². The number of hydrogen-bond donors (Lipinski definition) is 1. The van der Waals surface area contributed by atoms with Gasteiger partial charge in [0.15, 0.2) is 0 Å². The number of benzene rings is 1. The van der Waals surface area contributed by atoms with E-state index in [1.807, 2.05) is 23.9 Å². The molecule has 1 aliphatic heterocycles. The van der Waals surface area contributed by atoms with Crippen LogP contribution in [0, 0.1) is 6.92 Å². The molecule has 0 amide bonds. The van der Waals surface area contributed by atoms with Crippen molar-refractivity contribution in [2.24, 2.45) is 0 Å². The van der Waals surface area contributed by atoms with Gasteiger partial charge in [-0.15, -0.1) is 0 Å². The molecule has 0 radical (unpaired) electrons. The van der Waals surface area contributed by atoms with E-state index in [0.717, 1.165) is 24.2 Å². The van der Waals surface area contributed by atoms with Crippen LogP contribution in [0.3, 0.4) is 0 Å². The summed E-state index contributed by atoms with van der Waals surface area (Å²) in [5, 5.41) is 11.3. The van der Waals surface area contributed by atoms with Crippen molar-refractivity contribution in [1.29, 1.82) is 0 Å². The molecule has 0 aliphatic carbocycles. The Hall–Kier alpha value is -0.470. The summed E-state index contributed by atoms with van der Waals surface area (Å²) in [5.74, 6) is 0.832. The van der Waals surface area contributed by atoms with Crippen molar-refractivity contribution < 1.29 is 5.11 Å². The predicted molar refractivity (Wildman–Crippen MR) is 66.2 cm³/mol. The van der Waals surface area contributed by atoms with Crippen molar-refractivity contribution >= 4 is 11.8 Å². The minimum Gasteiger partial charge on any atom is -0.384 e. The van der Waals surface area contributed by atoms with Crippen LogP contribution in [-0.4, -0.2) is 16.1 Å². The van der Waals surface area contributed by atoms with E-state index in [0.29, 0.717) is 5.25 Å². The Kier molecular flexibility index (Phi) is 3.08. The van der Waals surface area contributed by atoms with Gasteiger partial charge in [0.1, 0.15) is 0 Å². The molecule has 1 aromatic rings. The molecule has 82 valence electrons. The van der Waals surface area contributed by atoms with E-state index in [1.54, 1.807) is 0 Å². The SMILES string of the molecule is Cc1ccccc1[C@]1(O)CC[C@H](C)SC1. The zero-order valence-electron chi connectivity index (χ0n) is 9.36. The fourth-order valence-corrected chi connectivity index (χ4v) is 3.33. The minimum atomic E-state index is -0.595. The summed E-state index contributed by atoms with van der Waals surface area (Å²) >= 11 is 1.88. The maximum atomic E-state index is 10.6. The molecule has 1 heterocycles. The fraction of sp³-hybridized carbons (Fsp3) is 0.538. The molecule has 1 fully saturated rings. The van der Waals surface area contributed by atoms with Crippen molar-refractivity contribution in [3.63, 3.8) is 0 Å². The highest BCUT2D eigenvalue weighted by atomic mass is 32.2. The van der Waals surface area contributed by atoms with Gasteiger partial charge in [0.05, 0.1) is 5.60 Å². The van der Waals surface area contributed by atoms with Gasteiger partial charge in [-0.2, -0.15) is 11.8 Å². The molecule has 0 unspecified atom stereocenters. The highest BCUT2D eigenvalue weighted by Crippen LogP contribution is 2.39. The maximum Gasteiger partial charge on any atom is 0.0989 e. The van der Waals surface area contributed by atoms with E-state index in [4.69, 9.17) is 0 Å². The van der Waals surface area contributed by atoms with E-state index < -0.39 is 5.60 Å². The Bertz CT molecular complexity index is 340. The number of rotatable bonds is 1. The van der Waals surface area contributed by atoms with Crippen LogP contribution in [0.15, 0.2) is 24.3 Å². The normalized spacial score (nSPS) is 31.5. The minimum absolute atomic E-state index is 0.595. The Morgan fingerprint density at radius 2 is 2.13 bits per heavy atom. The third-order valence-electron chi connectivity index (χ3n) is 3.22. The van der Waals surface area contributed by atoms with E-state index in [9.17, 15) is 5.11 Å². The second kappa shape index (κ2) is 4.18. The summed E-state index contributed by atoms with van der Waals surface area (Å²) in [6, 6.07) is 8.19. The molecule has 1 aromatic carbocycles. The lowest BCUT2D eigenvalue weighted by Gasteiger charge is -2.35. The first-order valence-electron chi connectivity index (χ1n) is 5.52. The van der Waals surface area contributed by atoms with Crippen LogP contribution in [0.5, 0.6) is 0 Å². The summed E-state index contributed by atoms with van der Waals surface area (Å²) in [7, 11) is 0. The van der Waals surface area contributed by atoms with E-state index >= 15 is 0 Å². The average Bonchev–Trinajstić information content (AvgIpc) is 2.23. The van der Waals surface area contributed by atoms with Gasteiger partial charge >= 0.3 is 0 Å². The van der Waals surface area contributed by atoms with Gasteiger partial charge in [-0.3, -0.25) is 0 Å². The summed E-state index contributed by atoms with van der Waals surface area (Å²) in [4.78, 5) is 0. The van der Waals surface area contributed by atoms with E-state index in [-0.39, 0.29) is 0 Å². The predicted octanol–water partition coefficient (Wildman–Crippen LogP) is 3.10. The summed E-state index contributed by atoms with van der Waals surface area (Å²) < 4.78 is 0. The fourth-order valence-electron chi connectivity index (χ4n) is 2.19. The third-order valence-corrected chi connectivity index (χ3v) is 4.67. The number of hydrogen-bond acceptors (Lipinski definition) is 2. The molecule has 0 aromatic heterocycles.